The van der Waals surface area contributed by atoms with E-state index in [2.05, 4.69) is 24.5 Å². The summed E-state index contributed by atoms with van der Waals surface area (Å²) >= 11 is 0. The number of carboxylic acids is 1. The monoisotopic (exact) mass is 1140 g/mol. The van der Waals surface area contributed by atoms with Crippen molar-refractivity contribution in [3.8, 4) is 0 Å². The van der Waals surface area contributed by atoms with Gasteiger partial charge in [0.25, 0.3) is 5.79 Å². The van der Waals surface area contributed by atoms with Crippen LogP contribution in [0.25, 0.3) is 0 Å². The summed E-state index contributed by atoms with van der Waals surface area (Å²) in [6.07, 6.45) is -0.0229. The van der Waals surface area contributed by atoms with Gasteiger partial charge in [-0.2, -0.15) is 0 Å². The largest absolute Gasteiger partial charge is 0.477 e. The van der Waals surface area contributed by atoms with Gasteiger partial charge >= 0.3 is 5.97 Å². The molecule has 0 radical (unpaired) electrons. The van der Waals surface area contributed by atoms with Crippen LogP contribution in [-0.4, -0.2) is 215 Å². The van der Waals surface area contributed by atoms with Crippen molar-refractivity contribution in [1.29, 1.82) is 0 Å². The van der Waals surface area contributed by atoms with E-state index in [0.717, 1.165) is 58.3 Å². The fraction of sp³-hybridized carbons (Fsp3) is 0.946. The molecule has 0 aromatic carbocycles. The summed E-state index contributed by atoms with van der Waals surface area (Å²) in [7, 11) is 0. The average molecular weight is 1140 g/mol. The lowest BCUT2D eigenvalue weighted by atomic mass is 9.88. The minimum atomic E-state index is -3.07. The molecule has 79 heavy (non-hydrogen) atoms. The zero-order valence-corrected chi connectivity index (χ0v) is 47.5. The molecule has 3 heterocycles. The number of hydrogen-bond acceptors (Lipinski definition) is 20. The van der Waals surface area contributed by atoms with Crippen LogP contribution in [0, 0.1) is 0 Å². The first-order chi connectivity index (χ1) is 37.9. The molecule has 18 unspecified atom stereocenters. The average Bonchev–Trinajstić information content (AvgIpc) is 3.52. The van der Waals surface area contributed by atoms with Gasteiger partial charge in [0.15, 0.2) is 12.6 Å². The molecule has 23 nitrogen and oxygen atoms in total. The molecule has 3 rings (SSSR count). The van der Waals surface area contributed by atoms with Crippen molar-refractivity contribution < 1.29 is 104 Å². The SMILES string of the molecule is CCCCCCCCCCCCCCCCC(O)C(COC1OC(CO)C(OC2OC(CO)C(O)C(OC3(C(=O)O)CC(O)C(NC(C)=O)C(C(O)C(O)CO)O3)C2O)C(O)C1O)NC(=O)CCCCCCCCCCCCC. The Balaban J connectivity index is 1.68. The highest BCUT2D eigenvalue weighted by Gasteiger charge is 2.60. The topological polar surface area (TPSA) is 373 Å². The van der Waals surface area contributed by atoms with Crippen LogP contribution in [0.1, 0.15) is 201 Å². The van der Waals surface area contributed by atoms with Gasteiger partial charge in [0.2, 0.25) is 11.8 Å². The minimum absolute atomic E-state index is 0.227. The second-order valence-corrected chi connectivity index (χ2v) is 22.2. The summed E-state index contributed by atoms with van der Waals surface area (Å²) in [5, 5.41) is 135. The number of aliphatic carboxylic acids is 1. The fourth-order valence-electron chi connectivity index (χ4n) is 10.7. The molecule has 3 aliphatic heterocycles. The second kappa shape index (κ2) is 39.3. The summed E-state index contributed by atoms with van der Waals surface area (Å²) in [4.78, 5) is 38.3. The molecule has 0 aromatic rings. The number of hydrogen-bond donors (Lipinski definition) is 14. The lowest BCUT2D eigenvalue weighted by Crippen LogP contribution is -2.70. The molecule has 3 fully saturated rings. The lowest BCUT2D eigenvalue weighted by Gasteiger charge is -2.50. The highest BCUT2D eigenvalue weighted by atomic mass is 16.8. The Morgan fingerprint density at radius 1 is 0.608 bits per heavy atom. The van der Waals surface area contributed by atoms with E-state index >= 15 is 0 Å². The van der Waals surface area contributed by atoms with Crippen LogP contribution in [0.2, 0.25) is 0 Å². The predicted molar refractivity (Wildman–Crippen MR) is 288 cm³/mol. The zero-order chi connectivity index (χ0) is 58.3. The number of amides is 2. The van der Waals surface area contributed by atoms with Gasteiger partial charge in [0.05, 0.1) is 50.7 Å². The van der Waals surface area contributed by atoms with Crippen LogP contribution in [0.3, 0.4) is 0 Å². The maximum absolute atomic E-state index is 13.3. The molecule has 0 aliphatic carbocycles. The molecular weight excluding hydrogens is 1040 g/mol. The van der Waals surface area contributed by atoms with Gasteiger partial charge in [-0.15, -0.1) is 0 Å². The van der Waals surface area contributed by atoms with E-state index in [9.17, 15) is 75.7 Å². The Kier molecular flexibility index (Phi) is 35.3. The molecule has 3 saturated heterocycles. The highest BCUT2D eigenvalue weighted by molar-refractivity contribution is 5.77. The first kappa shape index (κ1) is 71.0. The summed E-state index contributed by atoms with van der Waals surface area (Å²) < 4.78 is 34.7. The molecule has 0 spiro atoms. The molecule has 464 valence electrons. The molecule has 2 amide bonds. The van der Waals surface area contributed by atoms with Crippen molar-refractivity contribution in [2.75, 3.05) is 26.4 Å². The van der Waals surface area contributed by atoms with Crippen molar-refractivity contribution in [3.63, 3.8) is 0 Å². The van der Waals surface area contributed by atoms with Gasteiger partial charge in [-0.1, -0.05) is 168 Å². The van der Waals surface area contributed by atoms with Crippen LogP contribution in [-0.2, 0) is 42.8 Å². The molecule has 18 atom stereocenters. The number of rotatable bonds is 43. The number of aliphatic hydroxyl groups is 11. The third-order valence-corrected chi connectivity index (χ3v) is 15.6. The van der Waals surface area contributed by atoms with Crippen molar-refractivity contribution >= 4 is 17.8 Å². The van der Waals surface area contributed by atoms with Gasteiger partial charge in [-0.05, 0) is 12.8 Å². The number of carbonyl (C=O) groups excluding carboxylic acids is 2. The molecule has 23 heteroatoms. The van der Waals surface area contributed by atoms with Gasteiger partial charge in [-0.3, -0.25) is 9.59 Å². The molecule has 14 N–H and O–H groups in total. The normalized spacial score (nSPS) is 30.8. The molecule has 0 bridgehead atoms. The summed E-state index contributed by atoms with van der Waals surface area (Å²) in [5.74, 6) is -6.10. The van der Waals surface area contributed by atoms with Gasteiger partial charge in [0.1, 0.15) is 67.1 Å². The molecule has 0 saturated carbocycles. The Labute approximate surface area is 468 Å². The quantitative estimate of drug-likeness (QED) is 0.0389. The van der Waals surface area contributed by atoms with Crippen molar-refractivity contribution in [2.45, 2.75) is 310 Å². The third-order valence-electron chi connectivity index (χ3n) is 15.6. The number of aliphatic hydroxyl groups excluding tert-OH is 11. The number of nitrogens with one attached hydrogen (secondary N) is 2. The lowest BCUT2D eigenvalue weighted by molar-refractivity contribution is -0.386. The van der Waals surface area contributed by atoms with E-state index in [1.54, 1.807) is 0 Å². The van der Waals surface area contributed by atoms with Gasteiger partial charge in [0, 0.05) is 19.8 Å². The number of carboxylic acid groups (broad SMARTS) is 1. The van der Waals surface area contributed by atoms with Crippen molar-refractivity contribution in [2.24, 2.45) is 0 Å². The summed E-state index contributed by atoms with van der Waals surface area (Å²) in [5.41, 5.74) is 0. The maximum atomic E-state index is 13.3. The van der Waals surface area contributed by atoms with Gasteiger partial charge < -0.3 is 100 Å². The Bertz CT molecular complexity index is 1640. The first-order valence-electron chi connectivity index (χ1n) is 29.9. The van der Waals surface area contributed by atoms with Crippen LogP contribution < -0.4 is 10.6 Å². The Morgan fingerprint density at radius 2 is 1.10 bits per heavy atom. The molecular formula is C56H104N2O21. The maximum Gasteiger partial charge on any atom is 0.364 e. The van der Waals surface area contributed by atoms with Gasteiger partial charge in [-0.25, -0.2) is 4.79 Å². The van der Waals surface area contributed by atoms with E-state index in [1.807, 2.05) is 0 Å². The highest BCUT2D eigenvalue weighted by Crippen LogP contribution is 2.38. The van der Waals surface area contributed by atoms with E-state index < -0.39 is 148 Å². The molecule has 0 aromatic heterocycles. The van der Waals surface area contributed by atoms with E-state index in [0.29, 0.717) is 19.3 Å². The minimum Gasteiger partial charge on any atom is -0.477 e. The molecule has 3 aliphatic rings. The van der Waals surface area contributed by atoms with Crippen molar-refractivity contribution in [1.82, 2.24) is 10.6 Å². The first-order valence-corrected chi connectivity index (χ1v) is 29.9. The fourth-order valence-corrected chi connectivity index (χ4v) is 10.7. The standard InChI is InChI=1S/C56H104N2O21/c1-4-6-8-10-12-14-16-17-18-20-21-23-25-27-29-38(63)37(58-43(66)30-28-26-24-22-19-15-13-11-9-7-5-2)35-74-53-48(70)47(69)50(42(34-61)76-53)77-54-49(71)52(46(68)41(33-60)75-54)79-56(55(72)73)31-39(64)44(57-36(3)62)51(78-56)45(67)40(65)32-59/h37-42,44-54,59-61,63-65,67-71H,4-35H2,1-3H3,(H,57,62)(H,58,66)(H,72,73). The summed E-state index contributed by atoms with van der Waals surface area (Å²) in [6, 6.07) is -2.52. The predicted octanol–water partition coefficient (Wildman–Crippen LogP) is 2.22. The van der Waals surface area contributed by atoms with E-state index in [1.165, 1.54) is 96.3 Å². The van der Waals surface area contributed by atoms with Crippen LogP contribution >= 0.6 is 0 Å². The third kappa shape index (κ3) is 24.1. The Hall–Kier alpha value is -2.27. The summed E-state index contributed by atoms with van der Waals surface area (Å²) in [6.45, 7) is 2.15. The number of ether oxygens (including phenoxy) is 6. The van der Waals surface area contributed by atoms with Crippen LogP contribution in [0.4, 0.5) is 0 Å². The second-order valence-electron chi connectivity index (χ2n) is 22.2. The smallest absolute Gasteiger partial charge is 0.364 e. The van der Waals surface area contributed by atoms with E-state index in [-0.39, 0.29) is 18.9 Å². The van der Waals surface area contributed by atoms with Crippen LogP contribution in [0.5, 0.6) is 0 Å². The number of carbonyl (C=O) groups is 3. The van der Waals surface area contributed by atoms with Crippen molar-refractivity contribution in [3.05, 3.63) is 0 Å². The zero-order valence-electron chi connectivity index (χ0n) is 47.5. The van der Waals surface area contributed by atoms with E-state index in [4.69, 9.17) is 28.4 Å². The van der Waals surface area contributed by atoms with Crippen LogP contribution in [0.15, 0.2) is 0 Å². The Morgan fingerprint density at radius 3 is 1.58 bits per heavy atom. The number of unbranched alkanes of at least 4 members (excludes halogenated alkanes) is 23.